The summed E-state index contributed by atoms with van der Waals surface area (Å²) in [6.07, 6.45) is 1.17. The molecule has 2 unspecified atom stereocenters. The van der Waals surface area contributed by atoms with Gasteiger partial charge in [0.1, 0.15) is 11.6 Å². The molecule has 0 saturated carbocycles. The zero-order chi connectivity index (χ0) is 21.2. The summed E-state index contributed by atoms with van der Waals surface area (Å²) in [6, 6.07) is 8.57. The Hall–Kier alpha value is -2.09. The lowest BCUT2D eigenvalue weighted by Gasteiger charge is -2.31. The van der Waals surface area contributed by atoms with Crippen LogP contribution in [0.2, 0.25) is 0 Å². The highest BCUT2D eigenvalue weighted by atomic mass is 32.2. The molecular formula is C21H30N2O5S. The third-order valence-electron chi connectivity index (χ3n) is 5.39. The highest BCUT2D eigenvalue weighted by molar-refractivity contribution is 7.91. The molecule has 2 heterocycles. The van der Waals surface area contributed by atoms with Crippen LogP contribution in [0.15, 0.2) is 30.3 Å². The Balaban J connectivity index is 1.72. The van der Waals surface area contributed by atoms with E-state index in [4.69, 9.17) is 4.74 Å². The Morgan fingerprint density at radius 3 is 2.38 bits per heavy atom. The van der Waals surface area contributed by atoms with Crippen LogP contribution in [0.3, 0.4) is 0 Å². The van der Waals surface area contributed by atoms with Crippen molar-refractivity contribution in [3.8, 4) is 0 Å². The number of benzene rings is 1. The first-order valence-corrected chi connectivity index (χ1v) is 11.8. The van der Waals surface area contributed by atoms with Gasteiger partial charge in [-0.15, -0.1) is 0 Å². The van der Waals surface area contributed by atoms with Crippen molar-refractivity contribution in [2.75, 3.05) is 25.4 Å². The number of rotatable bonds is 2. The highest BCUT2D eigenvalue weighted by Gasteiger charge is 2.40. The maximum Gasteiger partial charge on any atom is 0.410 e. The number of carbonyl (C=O) groups excluding carboxylic acids is 2. The number of amides is 2. The number of nitrogens with zero attached hydrogens (tertiary/aromatic N) is 2. The lowest BCUT2D eigenvalue weighted by molar-refractivity contribution is -0.135. The molecule has 2 aliphatic heterocycles. The van der Waals surface area contributed by atoms with Crippen LogP contribution in [0, 0.1) is 0 Å². The third kappa shape index (κ3) is 5.10. The molecule has 8 heteroatoms. The van der Waals surface area contributed by atoms with Gasteiger partial charge in [0.2, 0.25) is 5.91 Å². The van der Waals surface area contributed by atoms with Gasteiger partial charge in [0.15, 0.2) is 9.84 Å². The van der Waals surface area contributed by atoms with Gasteiger partial charge in [-0.1, -0.05) is 30.3 Å². The molecular weight excluding hydrogens is 392 g/mol. The standard InChI is InChI=1S/C21H30N2O5S/c1-21(2,3)28-20(25)23-12-7-10-17(23)19(24)22-13-11-18(29(26,27)15-14-22)16-8-5-4-6-9-16/h4-6,8-9,17-18H,7,10-15H2,1-3H3. The second-order valence-electron chi connectivity index (χ2n) is 8.71. The first kappa shape index (κ1) is 21.6. The fraction of sp³-hybridized carbons (Fsp3) is 0.619. The van der Waals surface area contributed by atoms with E-state index in [1.165, 1.54) is 4.90 Å². The first-order valence-electron chi connectivity index (χ1n) is 10.1. The Morgan fingerprint density at radius 2 is 1.72 bits per heavy atom. The molecule has 2 amide bonds. The van der Waals surface area contributed by atoms with Crippen molar-refractivity contribution in [1.82, 2.24) is 9.80 Å². The van der Waals surface area contributed by atoms with E-state index in [9.17, 15) is 18.0 Å². The number of sulfone groups is 1. The van der Waals surface area contributed by atoms with E-state index in [0.717, 1.165) is 12.0 Å². The minimum absolute atomic E-state index is 0.0720. The molecule has 0 aliphatic carbocycles. The van der Waals surface area contributed by atoms with Crippen molar-refractivity contribution in [2.24, 2.45) is 0 Å². The van der Waals surface area contributed by atoms with Crippen molar-refractivity contribution in [1.29, 1.82) is 0 Å². The van der Waals surface area contributed by atoms with Crippen LogP contribution in [0.25, 0.3) is 0 Å². The zero-order valence-electron chi connectivity index (χ0n) is 17.3. The van der Waals surface area contributed by atoms with Gasteiger partial charge in [-0.25, -0.2) is 13.2 Å². The summed E-state index contributed by atoms with van der Waals surface area (Å²) in [5, 5.41) is -0.605. The van der Waals surface area contributed by atoms with Crippen molar-refractivity contribution in [3.05, 3.63) is 35.9 Å². The van der Waals surface area contributed by atoms with Crippen molar-refractivity contribution < 1.29 is 22.7 Å². The summed E-state index contributed by atoms with van der Waals surface area (Å²) in [5.41, 5.74) is 0.130. The van der Waals surface area contributed by atoms with E-state index in [-0.39, 0.29) is 18.2 Å². The van der Waals surface area contributed by atoms with Crippen molar-refractivity contribution in [3.63, 3.8) is 0 Å². The number of likely N-dealkylation sites (tertiary alicyclic amines) is 1. The average Bonchev–Trinajstić information content (AvgIpc) is 3.07. The maximum atomic E-state index is 13.2. The van der Waals surface area contributed by atoms with Crippen LogP contribution in [0.4, 0.5) is 4.79 Å². The summed E-state index contributed by atoms with van der Waals surface area (Å²) in [7, 11) is -3.36. The minimum atomic E-state index is -3.36. The quantitative estimate of drug-likeness (QED) is 0.732. The lowest BCUT2D eigenvalue weighted by Crippen LogP contribution is -2.49. The Kier molecular flexibility index (Phi) is 6.22. The molecule has 2 saturated heterocycles. The molecule has 0 bridgehead atoms. The Morgan fingerprint density at radius 1 is 1.03 bits per heavy atom. The molecule has 1 aromatic carbocycles. The van der Waals surface area contributed by atoms with E-state index in [1.54, 1.807) is 25.7 Å². The van der Waals surface area contributed by atoms with E-state index in [1.807, 2.05) is 30.3 Å². The summed E-state index contributed by atoms with van der Waals surface area (Å²) < 4.78 is 31.0. The Labute approximate surface area is 172 Å². The van der Waals surface area contributed by atoms with Crippen LogP contribution in [-0.4, -0.2) is 67.2 Å². The van der Waals surface area contributed by atoms with Gasteiger partial charge in [-0.2, -0.15) is 0 Å². The first-order chi connectivity index (χ1) is 13.6. The van der Waals surface area contributed by atoms with Crippen molar-refractivity contribution in [2.45, 2.75) is 56.9 Å². The molecule has 2 atom stereocenters. The van der Waals surface area contributed by atoms with E-state index in [2.05, 4.69) is 0 Å². The number of hydrogen-bond acceptors (Lipinski definition) is 5. The van der Waals surface area contributed by atoms with Crippen LogP contribution < -0.4 is 0 Å². The largest absolute Gasteiger partial charge is 0.444 e. The molecule has 0 radical (unpaired) electrons. The SMILES string of the molecule is CC(C)(C)OC(=O)N1CCCC1C(=O)N1CCC(c2ccccc2)S(=O)(=O)CC1. The monoisotopic (exact) mass is 422 g/mol. The molecule has 0 aromatic heterocycles. The van der Waals surface area contributed by atoms with Gasteiger partial charge in [-0.05, 0) is 45.6 Å². The highest BCUT2D eigenvalue weighted by Crippen LogP contribution is 2.30. The topological polar surface area (TPSA) is 84.0 Å². The van der Waals surface area contributed by atoms with Gasteiger partial charge in [0, 0.05) is 19.6 Å². The Bertz CT molecular complexity index is 848. The second kappa shape index (κ2) is 8.34. The summed E-state index contributed by atoms with van der Waals surface area (Å²) >= 11 is 0. The lowest BCUT2D eigenvalue weighted by atomic mass is 10.1. The third-order valence-corrected chi connectivity index (χ3v) is 7.52. The smallest absolute Gasteiger partial charge is 0.410 e. The molecule has 160 valence electrons. The van der Waals surface area contributed by atoms with E-state index < -0.39 is 32.8 Å². The van der Waals surface area contributed by atoms with Gasteiger partial charge in [0.25, 0.3) is 0 Å². The number of carbonyl (C=O) groups is 2. The summed E-state index contributed by atoms with van der Waals surface area (Å²) in [4.78, 5) is 28.8. The fourth-order valence-corrected chi connectivity index (χ4v) is 5.78. The second-order valence-corrected chi connectivity index (χ2v) is 11.0. The number of ether oxygens (including phenoxy) is 1. The summed E-state index contributed by atoms with van der Waals surface area (Å²) in [6.45, 7) is 6.37. The summed E-state index contributed by atoms with van der Waals surface area (Å²) in [5.74, 6) is -0.255. The molecule has 3 rings (SSSR count). The van der Waals surface area contributed by atoms with Crippen LogP contribution >= 0.6 is 0 Å². The van der Waals surface area contributed by atoms with Crippen LogP contribution in [0.1, 0.15) is 50.8 Å². The van der Waals surface area contributed by atoms with Crippen molar-refractivity contribution >= 4 is 21.8 Å². The molecule has 2 aliphatic rings. The fourth-order valence-electron chi connectivity index (χ4n) is 3.98. The van der Waals surface area contributed by atoms with Gasteiger partial charge in [-0.3, -0.25) is 9.69 Å². The minimum Gasteiger partial charge on any atom is -0.444 e. The van der Waals surface area contributed by atoms with Gasteiger partial charge >= 0.3 is 6.09 Å². The van der Waals surface area contributed by atoms with Gasteiger partial charge in [0.05, 0.1) is 11.0 Å². The molecule has 0 N–H and O–H groups in total. The van der Waals surface area contributed by atoms with E-state index in [0.29, 0.717) is 25.9 Å². The van der Waals surface area contributed by atoms with Crippen LogP contribution in [0.5, 0.6) is 0 Å². The normalized spacial score (nSPS) is 24.8. The maximum absolute atomic E-state index is 13.2. The molecule has 0 spiro atoms. The number of hydrogen-bond donors (Lipinski definition) is 0. The molecule has 2 fully saturated rings. The van der Waals surface area contributed by atoms with Crippen LogP contribution in [-0.2, 0) is 19.4 Å². The zero-order valence-corrected chi connectivity index (χ0v) is 18.2. The molecule has 7 nitrogen and oxygen atoms in total. The van der Waals surface area contributed by atoms with Gasteiger partial charge < -0.3 is 9.64 Å². The van der Waals surface area contributed by atoms with E-state index >= 15 is 0 Å². The molecule has 1 aromatic rings. The predicted molar refractivity (Wildman–Crippen MR) is 110 cm³/mol. The molecule has 29 heavy (non-hydrogen) atoms. The predicted octanol–water partition coefficient (Wildman–Crippen LogP) is 2.77. The average molecular weight is 423 g/mol.